The van der Waals surface area contributed by atoms with Crippen LogP contribution in [0.25, 0.3) is 11.3 Å². The first-order valence-electron chi connectivity index (χ1n) is 9.27. The molecule has 1 saturated heterocycles. The third-order valence-corrected chi connectivity index (χ3v) is 5.31. The molecular formula is C20H21F2N5O. The molecule has 0 bridgehead atoms. The molecule has 0 aliphatic carbocycles. The summed E-state index contributed by atoms with van der Waals surface area (Å²) < 4.78 is 29.0. The highest BCUT2D eigenvalue weighted by molar-refractivity contribution is 5.99. The molecule has 8 heteroatoms. The van der Waals surface area contributed by atoms with Crippen LogP contribution in [0, 0.1) is 17.6 Å². The van der Waals surface area contributed by atoms with Gasteiger partial charge in [-0.3, -0.25) is 14.6 Å². The fourth-order valence-electron chi connectivity index (χ4n) is 3.75. The van der Waals surface area contributed by atoms with Crippen molar-refractivity contribution < 1.29 is 13.6 Å². The van der Waals surface area contributed by atoms with Crippen molar-refractivity contribution in [1.29, 1.82) is 0 Å². The quantitative estimate of drug-likeness (QED) is 0.750. The number of hydrogen-bond donors (Lipinski definition) is 1. The highest BCUT2D eigenvalue weighted by Gasteiger charge is 2.27. The van der Waals surface area contributed by atoms with Crippen molar-refractivity contribution in [2.75, 3.05) is 13.1 Å². The third-order valence-electron chi connectivity index (χ3n) is 5.31. The van der Waals surface area contributed by atoms with E-state index >= 15 is 0 Å². The van der Waals surface area contributed by atoms with Gasteiger partial charge in [0.2, 0.25) is 0 Å². The van der Waals surface area contributed by atoms with E-state index in [-0.39, 0.29) is 11.8 Å². The van der Waals surface area contributed by atoms with E-state index < -0.39 is 11.6 Å². The number of H-pyrrole nitrogens is 1. The lowest BCUT2D eigenvalue weighted by Crippen LogP contribution is -2.39. The number of amides is 1. The van der Waals surface area contributed by atoms with E-state index in [0.29, 0.717) is 36.3 Å². The van der Waals surface area contributed by atoms with Crippen molar-refractivity contribution in [3.8, 4) is 11.3 Å². The number of benzene rings is 1. The lowest BCUT2D eigenvalue weighted by Gasteiger charge is -2.32. The Balaban J connectivity index is 1.41. The zero-order chi connectivity index (χ0) is 19.7. The van der Waals surface area contributed by atoms with Crippen LogP contribution in [0.5, 0.6) is 0 Å². The molecule has 1 N–H and O–H groups in total. The Labute approximate surface area is 161 Å². The van der Waals surface area contributed by atoms with Gasteiger partial charge >= 0.3 is 0 Å². The third kappa shape index (κ3) is 3.54. The second-order valence-electron chi connectivity index (χ2n) is 7.21. The number of rotatable bonds is 4. The monoisotopic (exact) mass is 385 g/mol. The van der Waals surface area contributed by atoms with Gasteiger partial charge in [0.1, 0.15) is 0 Å². The molecule has 3 aromatic rings. The highest BCUT2D eigenvalue weighted by atomic mass is 19.2. The second kappa shape index (κ2) is 7.53. The van der Waals surface area contributed by atoms with E-state index in [4.69, 9.17) is 0 Å². The number of aryl methyl sites for hydroxylation is 1. The Morgan fingerprint density at radius 2 is 2.04 bits per heavy atom. The summed E-state index contributed by atoms with van der Waals surface area (Å²) in [5, 5.41) is 11.0. The van der Waals surface area contributed by atoms with Crippen LogP contribution in [0.15, 0.2) is 36.8 Å². The number of nitrogens with one attached hydrogen (secondary N) is 1. The van der Waals surface area contributed by atoms with Crippen LogP contribution < -0.4 is 0 Å². The summed E-state index contributed by atoms with van der Waals surface area (Å²) in [6.07, 6.45) is 7.04. The van der Waals surface area contributed by atoms with E-state index in [1.807, 2.05) is 13.2 Å². The van der Waals surface area contributed by atoms with E-state index in [1.165, 1.54) is 6.07 Å². The first kappa shape index (κ1) is 18.3. The molecule has 2 aromatic heterocycles. The summed E-state index contributed by atoms with van der Waals surface area (Å²) in [5.74, 6) is -1.43. The van der Waals surface area contributed by atoms with Crippen LogP contribution in [0.4, 0.5) is 8.78 Å². The first-order valence-corrected chi connectivity index (χ1v) is 9.27. The molecule has 4 rings (SSSR count). The number of carbonyl (C=O) groups is 1. The molecule has 0 saturated carbocycles. The Hall–Kier alpha value is -3.03. The van der Waals surface area contributed by atoms with Gasteiger partial charge in [-0.15, -0.1) is 0 Å². The normalized spacial score (nSPS) is 15.2. The second-order valence-corrected chi connectivity index (χ2v) is 7.21. The van der Waals surface area contributed by atoms with Crippen LogP contribution in [-0.4, -0.2) is 43.9 Å². The predicted molar refractivity (Wildman–Crippen MR) is 99.5 cm³/mol. The summed E-state index contributed by atoms with van der Waals surface area (Å²) in [5.41, 5.74) is 2.38. The fourth-order valence-corrected chi connectivity index (χ4v) is 3.75. The Morgan fingerprint density at radius 3 is 2.75 bits per heavy atom. The van der Waals surface area contributed by atoms with Crippen LogP contribution in [0.2, 0.25) is 0 Å². The van der Waals surface area contributed by atoms with Crippen molar-refractivity contribution in [2.24, 2.45) is 13.0 Å². The molecule has 0 radical (unpaired) electrons. The van der Waals surface area contributed by atoms with E-state index in [9.17, 15) is 13.6 Å². The van der Waals surface area contributed by atoms with Crippen LogP contribution in [0.3, 0.4) is 0 Å². The summed E-state index contributed by atoms with van der Waals surface area (Å²) in [6.45, 7) is 1.16. The molecule has 1 amide bonds. The number of likely N-dealkylation sites (tertiary alicyclic amines) is 1. The maximum atomic E-state index is 13.9. The Bertz CT molecular complexity index is 988. The molecule has 1 aliphatic heterocycles. The SMILES string of the molecule is Cn1cc(-c2[nH]ncc2C(=O)N2CCC(Cc3cccc(F)c3F)CC2)cn1. The van der Waals surface area contributed by atoms with Crippen molar-refractivity contribution in [2.45, 2.75) is 19.3 Å². The number of carbonyl (C=O) groups excluding carboxylic acids is 1. The van der Waals surface area contributed by atoms with Gasteiger partial charge in [0.25, 0.3) is 5.91 Å². The number of nitrogens with zero attached hydrogens (tertiary/aromatic N) is 4. The van der Waals surface area contributed by atoms with Crippen molar-refractivity contribution >= 4 is 5.91 Å². The summed E-state index contributed by atoms with van der Waals surface area (Å²) >= 11 is 0. The van der Waals surface area contributed by atoms with Crippen molar-refractivity contribution in [3.63, 3.8) is 0 Å². The van der Waals surface area contributed by atoms with Gasteiger partial charge in [0, 0.05) is 31.9 Å². The molecule has 0 atom stereocenters. The molecule has 1 aliphatic rings. The summed E-state index contributed by atoms with van der Waals surface area (Å²) in [4.78, 5) is 14.7. The van der Waals surface area contributed by atoms with Gasteiger partial charge in [-0.2, -0.15) is 10.2 Å². The van der Waals surface area contributed by atoms with E-state index in [0.717, 1.165) is 24.5 Å². The molecular weight excluding hydrogens is 364 g/mol. The number of aromatic amines is 1. The number of aromatic nitrogens is 4. The molecule has 6 nitrogen and oxygen atoms in total. The lowest BCUT2D eigenvalue weighted by atomic mass is 9.89. The summed E-state index contributed by atoms with van der Waals surface area (Å²) in [6, 6.07) is 4.29. The van der Waals surface area contributed by atoms with Crippen molar-refractivity contribution in [3.05, 3.63) is 59.6 Å². The zero-order valence-corrected chi connectivity index (χ0v) is 15.5. The standard InChI is InChI=1S/C20H21F2N5O/c1-26-12-15(10-24-26)19-16(11-23-25-19)20(28)27-7-5-13(6-8-27)9-14-3-2-4-17(21)18(14)22/h2-4,10-13H,5-9H2,1H3,(H,23,25). The van der Waals surface area contributed by atoms with Crippen LogP contribution >= 0.6 is 0 Å². The van der Waals surface area contributed by atoms with E-state index in [1.54, 1.807) is 28.0 Å². The summed E-state index contributed by atoms with van der Waals surface area (Å²) in [7, 11) is 1.81. The van der Waals surface area contributed by atoms with E-state index in [2.05, 4.69) is 15.3 Å². The minimum Gasteiger partial charge on any atom is -0.339 e. The van der Waals surface area contributed by atoms with Crippen LogP contribution in [0.1, 0.15) is 28.8 Å². The maximum Gasteiger partial charge on any atom is 0.257 e. The zero-order valence-electron chi connectivity index (χ0n) is 15.5. The smallest absolute Gasteiger partial charge is 0.257 e. The molecule has 0 unspecified atom stereocenters. The number of piperidine rings is 1. The Morgan fingerprint density at radius 1 is 1.25 bits per heavy atom. The highest BCUT2D eigenvalue weighted by Crippen LogP contribution is 2.27. The molecule has 0 spiro atoms. The van der Waals surface area contributed by atoms with Gasteiger partial charge in [-0.1, -0.05) is 12.1 Å². The van der Waals surface area contributed by atoms with Gasteiger partial charge in [0.05, 0.1) is 23.7 Å². The Kier molecular flexibility index (Phi) is 4.93. The topological polar surface area (TPSA) is 66.8 Å². The molecule has 1 fully saturated rings. The molecule has 28 heavy (non-hydrogen) atoms. The number of hydrogen-bond acceptors (Lipinski definition) is 3. The van der Waals surface area contributed by atoms with Gasteiger partial charge < -0.3 is 4.90 Å². The van der Waals surface area contributed by atoms with Crippen LogP contribution in [-0.2, 0) is 13.5 Å². The fraction of sp³-hybridized carbons (Fsp3) is 0.350. The minimum atomic E-state index is -0.812. The average Bonchev–Trinajstić information content (AvgIpc) is 3.34. The molecule has 3 heterocycles. The van der Waals surface area contributed by atoms with Gasteiger partial charge in [-0.25, -0.2) is 8.78 Å². The largest absolute Gasteiger partial charge is 0.339 e. The van der Waals surface area contributed by atoms with Gasteiger partial charge in [-0.05, 0) is 36.8 Å². The first-order chi connectivity index (χ1) is 13.5. The lowest BCUT2D eigenvalue weighted by molar-refractivity contribution is 0.0691. The molecule has 1 aromatic carbocycles. The maximum absolute atomic E-state index is 13.9. The minimum absolute atomic E-state index is 0.0806. The number of halogens is 2. The average molecular weight is 385 g/mol. The molecule has 146 valence electrons. The van der Waals surface area contributed by atoms with Gasteiger partial charge in [0.15, 0.2) is 11.6 Å². The predicted octanol–water partition coefficient (Wildman–Crippen LogP) is 3.18. The van der Waals surface area contributed by atoms with Crippen molar-refractivity contribution in [1.82, 2.24) is 24.9 Å².